The van der Waals surface area contributed by atoms with E-state index in [-0.39, 0.29) is 11.5 Å². The monoisotopic (exact) mass is 368 g/mol. The third kappa shape index (κ3) is 3.08. The summed E-state index contributed by atoms with van der Waals surface area (Å²) in [6.45, 7) is 0. The van der Waals surface area contributed by atoms with Gasteiger partial charge in [-0.2, -0.15) is 0 Å². The highest BCUT2D eigenvalue weighted by molar-refractivity contribution is 7.07. The van der Waals surface area contributed by atoms with E-state index >= 15 is 0 Å². The van der Waals surface area contributed by atoms with Gasteiger partial charge >= 0.3 is 0 Å². The van der Waals surface area contributed by atoms with E-state index in [4.69, 9.17) is 11.6 Å². The molecule has 0 bridgehead atoms. The molecule has 0 unspecified atom stereocenters. The van der Waals surface area contributed by atoms with Crippen molar-refractivity contribution in [2.75, 3.05) is 0 Å². The summed E-state index contributed by atoms with van der Waals surface area (Å²) in [5, 5.41) is 0.599. The highest BCUT2D eigenvalue weighted by Gasteiger charge is 2.29. The van der Waals surface area contributed by atoms with Crippen molar-refractivity contribution in [1.29, 1.82) is 0 Å². The van der Waals surface area contributed by atoms with Crippen LogP contribution in [0.3, 0.4) is 0 Å². The molecule has 6 heteroatoms. The molecule has 1 aromatic heterocycles. The number of rotatable bonds is 3. The largest absolute Gasteiger partial charge is 0.277 e. The maximum absolute atomic E-state index is 12.6. The maximum atomic E-state index is 12.6. The van der Waals surface area contributed by atoms with E-state index < -0.39 is 6.04 Å². The number of carbonyl (C=O) groups is 1. The summed E-state index contributed by atoms with van der Waals surface area (Å²) in [5.41, 5.74) is 1.53. The standard InChI is InChI=1S/C19H13ClN2O2S/c20-14-8-4-7-13(9-14)11-16-18(24)22-17(23)15(21-19(22)25-16)10-12-5-2-1-3-6-12/h1-9,11,15H,10H2/b16-11-/t15-/m0/s1. The third-order valence-electron chi connectivity index (χ3n) is 4.00. The minimum Gasteiger partial charge on any atom is -0.271 e. The van der Waals surface area contributed by atoms with E-state index in [2.05, 4.69) is 4.99 Å². The number of nitrogens with zero attached hydrogens (tertiary/aromatic N) is 2. The highest BCUT2D eigenvalue weighted by Crippen LogP contribution is 2.12. The van der Waals surface area contributed by atoms with Crippen LogP contribution in [-0.2, 0) is 6.42 Å². The van der Waals surface area contributed by atoms with E-state index in [1.54, 1.807) is 18.2 Å². The molecule has 2 heterocycles. The molecule has 0 saturated carbocycles. The molecular formula is C19H13ClN2O2S. The average molecular weight is 369 g/mol. The lowest BCUT2D eigenvalue weighted by Crippen LogP contribution is -2.36. The van der Waals surface area contributed by atoms with Crippen LogP contribution in [0.15, 0.2) is 64.4 Å². The second kappa shape index (κ2) is 6.43. The van der Waals surface area contributed by atoms with Crippen molar-refractivity contribution in [3.63, 3.8) is 0 Å². The van der Waals surface area contributed by atoms with Crippen LogP contribution in [0.2, 0.25) is 5.02 Å². The summed E-state index contributed by atoms with van der Waals surface area (Å²) < 4.78 is 1.67. The van der Waals surface area contributed by atoms with Crippen molar-refractivity contribution in [1.82, 2.24) is 4.57 Å². The number of aromatic nitrogens is 1. The number of hydrogen-bond donors (Lipinski definition) is 0. The molecule has 0 radical (unpaired) electrons. The van der Waals surface area contributed by atoms with E-state index in [0.717, 1.165) is 11.1 Å². The summed E-state index contributed by atoms with van der Waals surface area (Å²) in [6.07, 6.45) is 2.24. The highest BCUT2D eigenvalue weighted by atomic mass is 35.5. The fraction of sp³-hybridized carbons (Fsp3) is 0.105. The second-order valence-corrected chi connectivity index (χ2v) is 7.21. The second-order valence-electron chi connectivity index (χ2n) is 5.76. The first-order chi connectivity index (χ1) is 12.1. The van der Waals surface area contributed by atoms with Gasteiger partial charge in [-0.1, -0.05) is 65.4 Å². The summed E-state index contributed by atoms with van der Waals surface area (Å²) >= 11 is 7.20. The molecular weight excluding hydrogens is 356 g/mol. The Balaban J connectivity index is 1.72. The molecule has 1 aliphatic heterocycles. The van der Waals surface area contributed by atoms with Crippen LogP contribution in [0.25, 0.3) is 6.08 Å². The Kier molecular flexibility index (Phi) is 4.11. The van der Waals surface area contributed by atoms with E-state index in [1.165, 1.54) is 15.9 Å². The van der Waals surface area contributed by atoms with Crippen molar-refractivity contribution in [2.24, 2.45) is 4.99 Å². The lowest BCUT2D eigenvalue weighted by molar-refractivity contribution is 0.0892. The first-order valence-corrected chi connectivity index (χ1v) is 8.96. The molecule has 3 aromatic rings. The molecule has 1 aliphatic rings. The Hall–Kier alpha value is -2.50. The fourth-order valence-corrected chi connectivity index (χ4v) is 4.02. The number of benzene rings is 2. The number of fused-ring (bicyclic) bond motifs is 1. The topological polar surface area (TPSA) is 51.4 Å². The molecule has 25 heavy (non-hydrogen) atoms. The number of thiazole rings is 1. The molecule has 0 aliphatic carbocycles. The SMILES string of the molecule is O=C1[C@H](Cc2ccccc2)N=c2s/c(=C\c3cccc(Cl)c3)c(=O)n21. The first kappa shape index (κ1) is 16.0. The molecule has 1 atom stereocenters. The van der Waals surface area contributed by atoms with Crippen LogP contribution in [-0.4, -0.2) is 16.5 Å². The van der Waals surface area contributed by atoms with Crippen LogP contribution in [0.5, 0.6) is 0 Å². The molecule has 0 spiro atoms. The van der Waals surface area contributed by atoms with Gasteiger partial charge in [-0.3, -0.25) is 9.59 Å². The Bertz CT molecular complexity index is 1130. The molecule has 4 rings (SSSR count). The van der Waals surface area contributed by atoms with Gasteiger partial charge in [0, 0.05) is 11.4 Å². The van der Waals surface area contributed by atoms with E-state index in [9.17, 15) is 9.59 Å². The summed E-state index contributed by atoms with van der Waals surface area (Å²) in [7, 11) is 0. The summed E-state index contributed by atoms with van der Waals surface area (Å²) in [4.78, 5) is 30.1. The van der Waals surface area contributed by atoms with Gasteiger partial charge in [-0.05, 0) is 29.3 Å². The summed E-state index contributed by atoms with van der Waals surface area (Å²) in [5.74, 6) is -0.258. The Morgan fingerprint density at radius 1 is 1.12 bits per heavy atom. The predicted molar refractivity (Wildman–Crippen MR) is 98.9 cm³/mol. The van der Waals surface area contributed by atoms with Crippen LogP contribution in [0.1, 0.15) is 15.9 Å². The van der Waals surface area contributed by atoms with Crippen LogP contribution < -0.4 is 14.9 Å². The molecule has 4 nitrogen and oxygen atoms in total. The zero-order chi connectivity index (χ0) is 17.4. The average Bonchev–Trinajstić information content (AvgIpc) is 3.06. The smallest absolute Gasteiger partial charge is 0.271 e. The van der Waals surface area contributed by atoms with Crippen LogP contribution >= 0.6 is 22.9 Å². The van der Waals surface area contributed by atoms with Crippen LogP contribution in [0.4, 0.5) is 0 Å². The lowest BCUT2D eigenvalue weighted by Gasteiger charge is -2.05. The molecule has 124 valence electrons. The van der Waals surface area contributed by atoms with Gasteiger partial charge in [0.05, 0.1) is 4.53 Å². The number of carbonyl (C=O) groups excluding carboxylic acids is 1. The van der Waals surface area contributed by atoms with Gasteiger partial charge in [-0.15, -0.1) is 0 Å². The maximum Gasteiger partial charge on any atom is 0.277 e. The van der Waals surface area contributed by atoms with Gasteiger partial charge in [0.15, 0.2) is 4.80 Å². The Labute approximate surface area is 152 Å². The number of hydrogen-bond acceptors (Lipinski definition) is 4. The van der Waals surface area contributed by atoms with Crippen molar-refractivity contribution in [3.8, 4) is 0 Å². The molecule has 0 amide bonds. The van der Waals surface area contributed by atoms with Crippen LogP contribution in [0, 0.1) is 0 Å². The Morgan fingerprint density at radius 2 is 1.92 bits per heavy atom. The van der Waals surface area contributed by atoms with Gasteiger partial charge in [0.25, 0.3) is 11.5 Å². The summed E-state index contributed by atoms with van der Waals surface area (Å²) in [6, 6.07) is 16.4. The van der Waals surface area contributed by atoms with Gasteiger partial charge < -0.3 is 0 Å². The van der Waals surface area contributed by atoms with Crippen molar-refractivity contribution < 1.29 is 4.79 Å². The zero-order valence-corrected chi connectivity index (χ0v) is 14.6. The van der Waals surface area contributed by atoms with Crippen molar-refractivity contribution >= 4 is 34.9 Å². The third-order valence-corrected chi connectivity index (χ3v) is 5.21. The van der Waals surface area contributed by atoms with Gasteiger partial charge in [0.1, 0.15) is 6.04 Å². The minimum atomic E-state index is -0.526. The molecule has 0 fully saturated rings. The fourth-order valence-electron chi connectivity index (χ4n) is 2.81. The molecule has 0 saturated heterocycles. The Morgan fingerprint density at radius 3 is 2.64 bits per heavy atom. The quantitative estimate of drug-likeness (QED) is 0.712. The van der Waals surface area contributed by atoms with Crippen molar-refractivity contribution in [2.45, 2.75) is 12.5 Å². The zero-order valence-electron chi connectivity index (χ0n) is 13.1. The number of halogens is 1. The first-order valence-electron chi connectivity index (χ1n) is 7.77. The molecule has 0 N–H and O–H groups in total. The van der Waals surface area contributed by atoms with Gasteiger partial charge in [-0.25, -0.2) is 9.56 Å². The van der Waals surface area contributed by atoms with E-state index in [1.807, 2.05) is 42.5 Å². The minimum absolute atomic E-state index is 0.258. The van der Waals surface area contributed by atoms with E-state index in [0.29, 0.717) is 20.8 Å². The predicted octanol–water partition coefficient (Wildman–Crippen LogP) is 2.28. The lowest BCUT2D eigenvalue weighted by atomic mass is 10.1. The normalized spacial score (nSPS) is 16.8. The molecule has 2 aromatic carbocycles. The van der Waals surface area contributed by atoms with Gasteiger partial charge in [0.2, 0.25) is 0 Å². The van der Waals surface area contributed by atoms with Crippen molar-refractivity contribution in [3.05, 3.63) is 90.4 Å².